The van der Waals surface area contributed by atoms with Gasteiger partial charge in [0.15, 0.2) is 0 Å². The number of amides is 2. The standard InChI is InChI=1S/C24H29F2N3O/c1-24(9-5-10-28(2)16-24)15-27-23(30)29-11-8-17-6-3-4-7-21(17)22(29)18-12-19(25)14-20(26)13-18/h3-4,6-7,12-14,22H,5,8-11,15-16H2,1-2H3,(H,27,30)/t22-,24-/m0/s1. The predicted molar refractivity (Wildman–Crippen MR) is 113 cm³/mol. The molecule has 6 heteroatoms. The minimum Gasteiger partial charge on any atom is -0.337 e. The number of hydrogen-bond donors (Lipinski definition) is 1. The van der Waals surface area contributed by atoms with E-state index in [1.807, 2.05) is 24.3 Å². The highest BCUT2D eigenvalue weighted by molar-refractivity contribution is 5.76. The SMILES string of the molecule is CN1CCC[C@@](C)(CNC(=O)N2CCc3ccccc3[C@@H]2c2cc(F)cc(F)c2)C1. The molecule has 1 N–H and O–H groups in total. The molecular formula is C24H29F2N3O. The summed E-state index contributed by atoms with van der Waals surface area (Å²) < 4.78 is 28.0. The second-order valence-corrected chi connectivity index (χ2v) is 9.06. The Morgan fingerprint density at radius 1 is 1.17 bits per heavy atom. The Morgan fingerprint density at radius 3 is 2.63 bits per heavy atom. The summed E-state index contributed by atoms with van der Waals surface area (Å²) in [4.78, 5) is 17.3. The van der Waals surface area contributed by atoms with Gasteiger partial charge in [-0.2, -0.15) is 0 Å². The number of benzene rings is 2. The lowest BCUT2D eigenvalue weighted by molar-refractivity contribution is 0.119. The van der Waals surface area contributed by atoms with Crippen LogP contribution in [0.3, 0.4) is 0 Å². The zero-order valence-electron chi connectivity index (χ0n) is 17.6. The molecular weight excluding hydrogens is 384 g/mol. The van der Waals surface area contributed by atoms with Gasteiger partial charge in [-0.05, 0) is 67.1 Å². The summed E-state index contributed by atoms with van der Waals surface area (Å²) in [6.07, 6.45) is 2.90. The molecule has 0 unspecified atom stereocenters. The van der Waals surface area contributed by atoms with Crippen LogP contribution in [0.4, 0.5) is 13.6 Å². The normalized spacial score (nSPS) is 24.4. The van der Waals surface area contributed by atoms with Gasteiger partial charge in [0.1, 0.15) is 11.6 Å². The second kappa shape index (κ2) is 8.34. The van der Waals surface area contributed by atoms with Crippen LogP contribution in [-0.4, -0.2) is 49.1 Å². The Kier molecular flexibility index (Phi) is 5.78. The quantitative estimate of drug-likeness (QED) is 0.812. The number of rotatable bonds is 3. The minimum absolute atomic E-state index is 0.0246. The van der Waals surface area contributed by atoms with E-state index in [-0.39, 0.29) is 11.4 Å². The minimum atomic E-state index is -0.633. The largest absolute Gasteiger partial charge is 0.337 e. The highest BCUT2D eigenvalue weighted by Gasteiger charge is 2.35. The fourth-order valence-electron chi connectivity index (χ4n) is 5.00. The van der Waals surface area contributed by atoms with E-state index in [0.29, 0.717) is 18.7 Å². The number of carbonyl (C=O) groups is 1. The van der Waals surface area contributed by atoms with Crippen molar-refractivity contribution in [2.75, 3.05) is 33.2 Å². The molecule has 2 atom stereocenters. The van der Waals surface area contributed by atoms with E-state index in [4.69, 9.17) is 0 Å². The first-order chi connectivity index (χ1) is 14.3. The summed E-state index contributed by atoms with van der Waals surface area (Å²) in [6.45, 7) is 5.31. The van der Waals surface area contributed by atoms with Crippen molar-refractivity contribution in [1.29, 1.82) is 0 Å². The molecule has 30 heavy (non-hydrogen) atoms. The second-order valence-electron chi connectivity index (χ2n) is 9.06. The summed E-state index contributed by atoms with van der Waals surface area (Å²) in [7, 11) is 2.11. The third-order valence-electron chi connectivity index (χ3n) is 6.38. The molecule has 4 nitrogen and oxygen atoms in total. The number of likely N-dealkylation sites (tertiary alicyclic amines) is 1. The van der Waals surface area contributed by atoms with Crippen LogP contribution in [-0.2, 0) is 6.42 Å². The van der Waals surface area contributed by atoms with Gasteiger partial charge in [-0.15, -0.1) is 0 Å². The molecule has 160 valence electrons. The number of fused-ring (bicyclic) bond motifs is 1. The number of piperidine rings is 1. The van der Waals surface area contributed by atoms with Gasteiger partial charge >= 0.3 is 6.03 Å². The monoisotopic (exact) mass is 413 g/mol. The van der Waals surface area contributed by atoms with Crippen molar-refractivity contribution in [3.8, 4) is 0 Å². The zero-order valence-corrected chi connectivity index (χ0v) is 17.6. The number of halogens is 2. The topological polar surface area (TPSA) is 35.6 Å². The molecule has 4 rings (SSSR count). The van der Waals surface area contributed by atoms with Gasteiger partial charge in [0.2, 0.25) is 0 Å². The highest BCUT2D eigenvalue weighted by atomic mass is 19.1. The van der Waals surface area contributed by atoms with Crippen molar-refractivity contribution in [2.24, 2.45) is 5.41 Å². The van der Waals surface area contributed by atoms with Crippen molar-refractivity contribution in [2.45, 2.75) is 32.2 Å². The average molecular weight is 414 g/mol. The molecule has 0 saturated carbocycles. The smallest absolute Gasteiger partial charge is 0.318 e. The van der Waals surface area contributed by atoms with E-state index in [9.17, 15) is 13.6 Å². The molecule has 0 radical (unpaired) electrons. The maximum Gasteiger partial charge on any atom is 0.318 e. The molecule has 0 aromatic heterocycles. The Labute approximate surface area is 176 Å². The van der Waals surface area contributed by atoms with Crippen LogP contribution in [0.15, 0.2) is 42.5 Å². The van der Waals surface area contributed by atoms with Crippen molar-refractivity contribution >= 4 is 6.03 Å². The number of urea groups is 1. The van der Waals surface area contributed by atoms with Crippen LogP contribution in [0.5, 0.6) is 0 Å². The zero-order chi connectivity index (χ0) is 21.3. The van der Waals surface area contributed by atoms with Gasteiger partial charge in [0.25, 0.3) is 0 Å². The molecule has 1 fully saturated rings. The number of carbonyl (C=O) groups excluding carboxylic acids is 1. The van der Waals surface area contributed by atoms with Gasteiger partial charge in [-0.3, -0.25) is 0 Å². The summed E-state index contributed by atoms with van der Waals surface area (Å²) >= 11 is 0. The molecule has 1 saturated heterocycles. The number of nitrogens with zero attached hydrogens (tertiary/aromatic N) is 2. The lowest BCUT2D eigenvalue weighted by Gasteiger charge is -2.41. The Bertz CT molecular complexity index is 914. The molecule has 2 heterocycles. The van der Waals surface area contributed by atoms with Gasteiger partial charge in [-0.1, -0.05) is 31.2 Å². The fourth-order valence-corrected chi connectivity index (χ4v) is 5.00. The van der Waals surface area contributed by atoms with E-state index in [2.05, 4.69) is 24.2 Å². The van der Waals surface area contributed by atoms with Crippen molar-refractivity contribution in [3.05, 3.63) is 70.8 Å². The third kappa shape index (κ3) is 4.33. The molecule has 2 aliphatic rings. The maximum absolute atomic E-state index is 14.0. The van der Waals surface area contributed by atoms with E-state index >= 15 is 0 Å². The summed E-state index contributed by atoms with van der Waals surface area (Å²) in [5, 5.41) is 3.12. The lowest BCUT2D eigenvalue weighted by Crippen LogP contribution is -2.51. The third-order valence-corrected chi connectivity index (χ3v) is 6.38. The Morgan fingerprint density at radius 2 is 1.90 bits per heavy atom. The number of nitrogens with one attached hydrogen (secondary N) is 1. The van der Waals surface area contributed by atoms with Crippen LogP contribution in [0, 0.1) is 17.0 Å². The predicted octanol–water partition coefficient (Wildman–Crippen LogP) is 4.35. The maximum atomic E-state index is 14.0. The summed E-state index contributed by atoms with van der Waals surface area (Å²) in [5.41, 5.74) is 2.51. The van der Waals surface area contributed by atoms with Crippen molar-refractivity contribution < 1.29 is 13.6 Å². The van der Waals surface area contributed by atoms with Gasteiger partial charge < -0.3 is 15.1 Å². The molecule has 2 aromatic carbocycles. The number of hydrogen-bond acceptors (Lipinski definition) is 2. The van der Waals surface area contributed by atoms with Crippen LogP contribution < -0.4 is 5.32 Å². The van der Waals surface area contributed by atoms with E-state index in [1.165, 1.54) is 12.1 Å². The van der Waals surface area contributed by atoms with E-state index in [1.54, 1.807) is 4.90 Å². The van der Waals surface area contributed by atoms with Crippen LogP contribution in [0.1, 0.15) is 42.5 Å². The lowest BCUT2D eigenvalue weighted by atomic mass is 9.82. The van der Waals surface area contributed by atoms with E-state index < -0.39 is 17.7 Å². The first kappa shape index (κ1) is 20.8. The van der Waals surface area contributed by atoms with Crippen LogP contribution in [0.2, 0.25) is 0 Å². The highest BCUT2D eigenvalue weighted by Crippen LogP contribution is 2.36. The first-order valence-corrected chi connectivity index (χ1v) is 10.6. The molecule has 2 amide bonds. The van der Waals surface area contributed by atoms with Gasteiger partial charge in [0, 0.05) is 25.7 Å². The molecule has 0 aliphatic carbocycles. The molecule has 0 spiro atoms. The first-order valence-electron chi connectivity index (χ1n) is 10.6. The summed E-state index contributed by atoms with van der Waals surface area (Å²) in [5.74, 6) is -1.27. The molecule has 0 bridgehead atoms. The average Bonchev–Trinajstić information content (AvgIpc) is 2.70. The van der Waals surface area contributed by atoms with Crippen molar-refractivity contribution in [3.63, 3.8) is 0 Å². The van der Waals surface area contributed by atoms with Crippen LogP contribution >= 0.6 is 0 Å². The Balaban J connectivity index is 1.60. The van der Waals surface area contributed by atoms with Crippen molar-refractivity contribution in [1.82, 2.24) is 15.1 Å². The fraction of sp³-hybridized carbons (Fsp3) is 0.458. The van der Waals surface area contributed by atoms with Gasteiger partial charge in [0.05, 0.1) is 6.04 Å². The van der Waals surface area contributed by atoms with Gasteiger partial charge in [-0.25, -0.2) is 13.6 Å². The van der Waals surface area contributed by atoms with Crippen LogP contribution in [0.25, 0.3) is 0 Å². The summed E-state index contributed by atoms with van der Waals surface area (Å²) in [6, 6.07) is 10.6. The molecule has 2 aliphatic heterocycles. The Hall–Kier alpha value is -2.47. The molecule has 2 aromatic rings. The van der Waals surface area contributed by atoms with E-state index in [0.717, 1.165) is 49.5 Å².